The molecule has 1 aliphatic heterocycles. The Kier molecular flexibility index (Phi) is 6.68. The van der Waals surface area contributed by atoms with Crippen LogP contribution in [-0.4, -0.2) is 47.4 Å². The predicted molar refractivity (Wildman–Crippen MR) is 141 cm³/mol. The van der Waals surface area contributed by atoms with Crippen LogP contribution in [0.4, 0.5) is 0 Å². The van der Waals surface area contributed by atoms with Crippen molar-refractivity contribution in [3.63, 3.8) is 0 Å². The lowest BCUT2D eigenvalue weighted by Crippen LogP contribution is -2.33. The minimum Gasteiger partial charge on any atom is -0.503 e. The number of fused-ring (bicyclic) bond motifs is 1. The van der Waals surface area contributed by atoms with Crippen molar-refractivity contribution >= 4 is 22.6 Å². The Bertz CT molecular complexity index is 1470. The van der Waals surface area contributed by atoms with E-state index >= 15 is 0 Å². The molecule has 1 aliphatic rings. The van der Waals surface area contributed by atoms with E-state index in [-0.39, 0.29) is 17.8 Å². The number of nitrogens with one attached hydrogen (secondary N) is 1. The predicted octanol–water partition coefficient (Wildman–Crippen LogP) is 4.94. The van der Waals surface area contributed by atoms with Crippen LogP contribution in [0.3, 0.4) is 0 Å². The van der Waals surface area contributed by atoms with Gasteiger partial charge >= 0.3 is 0 Å². The van der Waals surface area contributed by atoms with E-state index in [0.717, 1.165) is 33.3 Å². The number of methoxy groups -OCH3 is 2. The lowest BCUT2D eigenvalue weighted by Gasteiger charge is -2.27. The lowest BCUT2D eigenvalue weighted by atomic mass is 9.93. The van der Waals surface area contributed by atoms with Crippen LogP contribution in [0.15, 0.2) is 90.3 Å². The first-order valence-corrected chi connectivity index (χ1v) is 12.1. The maximum Gasteiger partial charge on any atom is 0.290 e. The van der Waals surface area contributed by atoms with Crippen LogP contribution in [0, 0.1) is 0 Å². The molecule has 2 heterocycles. The number of carbonyl (C=O) groups excluding carboxylic acids is 2. The van der Waals surface area contributed by atoms with E-state index in [1.54, 1.807) is 31.3 Å². The van der Waals surface area contributed by atoms with Crippen molar-refractivity contribution in [2.24, 2.45) is 0 Å². The third-order valence-corrected chi connectivity index (χ3v) is 6.84. The van der Waals surface area contributed by atoms with Gasteiger partial charge in [0.15, 0.2) is 11.5 Å². The molecule has 0 spiro atoms. The number of ether oxygens (including phenoxy) is 2. The first-order valence-electron chi connectivity index (χ1n) is 12.1. The molecule has 37 heavy (non-hydrogen) atoms. The molecule has 7 heteroatoms. The van der Waals surface area contributed by atoms with Crippen LogP contribution in [0.1, 0.15) is 22.7 Å². The molecule has 4 aromatic rings. The molecule has 7 nitrogen and oxygen atoms in total. The molecule has 5 rings (SSSR count). The normalized spacial score (nSPS) is 15.5. The number of ketones is 1. The van der Waals surface area contributed by atoms with Gasteiger partial charge in [-0.05, 0) is 53.4 Å². The zero-order chi connectivity index (χ0) is 25.9. The highest BCUT2D eigenvalue weighted by atomic mass is 16.5. The molecule has 1 atom stereocenters. The Morgan fingerprint density at radius 3 is 2.38 bits per heavy atom. The van der Waals surface area contributed by atoms with E-state index in [4.69, 9.17) is 9.47 Å². The summed E-state index contributed by atoms with van der Waals surface area (Å²) in [5.74, 6) is 0.0988. The van der Waals surface area contributed by atoms with Gasteiger partial charge in [-0.3, -0.25) is 9.59 Å². The van der Waals surface area contributed by atoms with Gasteiger partial charge in [-0.15, -0.1) is 0 Å². The Balaban J connectivity index is 1.47. The minimum absolute atomic E-state index is 0.0935. The van der Waals surface area contributed by atoms with Crippen LogP contribution in [-0.2, 0) is 22.4 Å². The highest BCUT2D eigenvalue weighted by molar-refractivity contribution is 6.09. The van der Waals surface area contributed by atoms with E-state index in [1.165, 1.54) is 0 Å². The number of Topliss-reactive ketones (excluding diaryl/α,β-unsaturated/α-hetero) is 1. The number of aromatic amines is 1. The largest absolute Gasteiger partial charge is 0.503 e. The number of amides is 1. The van der Waals surface area contributed by atoms with Gasteiger partial charge in [-0.25, -0.2) is 0 Å². The molecule has 0 bridgehead atoms. The number of hydrogen-bond acceptors (Lipinski definition) is 5. The van der Waals surface area contributed by atoms with Crippen LogP contribution in [0.5, 0.6) is 11.5 Å². The third-order valence-electron chi connectivity index (χ3n) is 6.84. The number of aromatic nitrogens is 1. The molecule has 188 valence electrons. The van der Waals surface area contributed by atoms with E-state index in [1.807, 2.05) is 66.9 Å². The Morgan fingerprint density at radius 1 is 0.973 bits per heavy atom. The van der Waals surface area contributed by atoms with Crippen molar-refractivity contribution in [2.75, 3.05) is 20.8 Å². The molecule has 2 N–H and O–H groups in total. The van der Waals surface area contributed by atoms with Crippen LogP contribution >= 0.6 is 0 Å². The second-order valence-corrected chi connectivity index (χ2v) is 9.00. The smallest absolute Gasteiger partial charge is 0.290 e. The molecule has 1 aromatic heterocycles. The highest BCUT2D eigenvalue weighted by Crippen LogP contribution is 2.39. The van der Waals surface area contributed by atoms with E-state index in [2.05, 4.69) is 4.98 Å². The van der Waals surface area contributed by atoms with Gasteiger partial charge in [0.05, 0.1) is 25.8 Å². The maximum atomic E-state index is 13.5. The van der Waals surface area contributed by atoms with Crippen LogP contribution in [0.25, 0.3) is 10.9 Å². The summed E-state index contributed by atoms with van der Waals surface area (Å²) in [7, 11) is 3.20. The van der Waals surface area contributed by atoms with Gasteiger partial charge in [-0.2, -0.15) is 0 Å². The van der Waals surface area contributed by atoms with Crippen molar-refractivity contribution in [3.05, 3.63) is 107 Å². The molecule has 0 saturated carbocycles. The molecule has 3 aromatic carbocycles. The van der Waals surface area contributed by atoms with Crippen molar-refractivity contribution in [1.29, 1.82) is 0 Å². The standard InChI is InChI=1S/C30H28N2O5/c1-36-22-10-8-20(9-11-22)28-27(26(33)16-19-6-4-3-5-7-19)29(34)30(35)32(28)15-14-21-18-31-25-13-12-23(37-2)17-24(21)25/h3-13,17-18,28,31,34H,14-16H2,1-2H3. The average Bonchev–Trinajstić information content (AvgIpc) is 3.45. The number of H-pyrrole nitrogens is 1. The summed E-state index contributed by atoms with van der Waals surface area (Å²) in [6.07, 6.45) is 2.54. The first kappa shape index (κ1) is 24.2. The molecule has 1 unspecified atom stereocenters. The fourth-order valence-corrected chi connectivity index (χ4v) is 4.91. The second-order valence-electron chi connectivity index (χ2n) is 9.00. The first-order chi connectivity index (χ1) is 18.0. The van der Waals surface area contributed by atoms with Gasteiger partial charge in [0.1, 0.15) is 11.5 Å². The van der Waals surface area contributed by atoms with Crippen molar-refractivity contribution < 1.29 is 24.2 Å². The monoisotopic (exact) mass is 496 g/mol. The second kappa shape index (κ2) is 10.2. The zero-order valence-corrected chi connectivity index (χ0v) is 20.7. The summed E-state index contributed by atoms with van der Waals surface area (Å²) < 4.78 is 10.7. The Morgan fingerprint density at radius 2 is 1.68 bits per heavy atom. The summed E-state index contributed by atoms with van der Waals surface area (Å²) in [5, 5.41) is 11.9. The average molecular weight is 497 g/mol. The highest BCUT2D eigenvalue weighted by Gasteiger charge is 2.43. The summed E-state index contributed by atoms with van der Waals surface area (Å²) in [5.41, 5.74) is 3.66. The molecule has 0 aliphatic carbocycles. The zero-order valence-electron chi connectivity index (χ0n) is 20.7. The maximum absolute atomic E-state index is 13.5. The number of hydrogen-bond donors (Lipinski definition) is 2. The summed E-state index contributed by atoms with van der Waals surface area (Å²) in [4.78, 5) is 31.6. The summed E-state index contributed by atoms with van der Waals surface area (Å²) in [6, 6.07) is 21.7. The van der Waals surface area contributed by atoms with Crippen molar-refractivity contribution in [3.8, 4) is 11.5 Å². The fraction of sp³-hybridized carbons (Fsp3) is 0.200. The number of aliphatic hydroxyl groups is 1. The number of aliphatic hydroxyl groups excluding tert-OH is 1. The number of nitrogens with zero attached hydrogens (tertiary/aromatic N) is 1. The number of benzene rings is 3. The SMILES string of the molecule is COc1ccc(C2C(C(=O)Cc3ccccc3)=C(O)C(=O)N2CCc2c[nH]c3ccc(OC)cc23)cc1. The van der Waals surface area contributed by atoms with Gasteiger partial charge in [0.25, 0.3) is 5.91 Å². The third kappa shape index (κ3) is 4.68. The summed E-state index contributed by atoms with van der Waals surface area (Å²) in [6.45, 7) is 0.311. The Hall–Kier alpha value is -4.52. The quantitative estimate of drug-likeness (QED) is 0.343. The van der Waals surface area contributed by atoms with Crippen LogP contribution < -0.4 is 9.47 Å². The van der Waals surface area contributed by atoms with Gasteiger partial charge < -0.3 is 24.5 Å². The molecular formula is C30H28N2O5. The van der Waals surface area contributed by atoms with E-state index in [0.29, 0.717) is 18.7 Å². The van der Waals surface area contributed by atoms with Gasteiger partial charge in [-0.1, -0.05) is 42.5 Å². The van der Waals surface area contributed by atoms with Crippen LogP contribution in [0.2, 0.25) is 0 Å². The summed E-state index contributed by atoms with van der Waals surface area (Å²) >= 11 is 0. The molecule has 0 saturated heterocycles. The van der Waals surface area contributed by atoms with Crippen molar-refractivity contribution in [2.45, 2.75) is 18.9 Å². The van der Waals surface area contributed by atoms with E-state index in [9.17, 15) is 14.7 Å². The fourth-order valence-electron chi connectivity index (χ4n) is 4.91. The molecule has 0 fully saturated rings. The molecule has 0 radical (unpaired) electrons. The van der Waals surface area contributed by atoms with Gasteiger partial charge in [0.2, 0.25) is 0 Å². The molecular weight excluding hydrogens is 468 g/mol. The van der Waals surface area contributed by atoms with E-state index < -0.39 is 17.7 Å². The number of carbonyl (C=O) groups is 2. The molecule has 1 amide bonds. The van der Waals surface area contributed by atoms with Crippen molar-refractivity contribution in [1.82, 2.24) is 9.88 Å². The minimum atomic E-state index is -0.700. The Labute approximate surface area is 214 Å². The number of rotatable bonds is 9. The topological polar surface area (TPSA) is 91.9 Å². The lowest BCUT2D eigenvalue weighted by molar-refractivity contribution is -0.129. The van der Waals surface area contributed by atoms with Gasteiger partial charge in [0, 0.05) is 30.1 Å².